The SMILES string of the molecule is CCS(=O)(=O)CCNC(=O)C(N)CCC(=O)O. The van der Waals surface area contributed by atoms with Gasteiger partial charge in [0.1, 0.15) is 0 Å². The minimum absolute atomic E-state index is 0.00419. The van der Waals surface area contributed by atoms with E-state index in [0.717, 1.165) is 0 Å². The van der Waals surface area contributed by atoms with Gasteiger partial charge in [-0.3, -0.25) is 9.59 Å². The molecule has 1 unspecified atom stereocenters. The van der Waals surface area contributed by atoms with E-state index >= 15 is 0 Å². The molecule has 0 rings (SSSR count). The van der Waals surface area contributed by atoms with Gasteiger partial charge in [-0.2, -0.15) is 0 Å². The first-order valence-electron chi connectivity index (χ1n) is 5.24. The summed E-state index contributed by atoms with van der Waals surface area (Å²) in [4.78, 5) is 21.6. The van der Waals surface area contributed by atoms with E-state index < -0.39 is 27.8 Å². The van der Waals surface area contributed by atoms with Gasteiger partial charge < -0.3 is 16.2 Å². The van der Waals surface area contributed by atoms with Crippen LogP contribution in [-0.2, 0) is 19.4 Å². The zero-order valence-electron chi connectivity index (χ0n) is 9.68. The van der Waals surface area contributed by atoms with Gasteiger partial charge in [0.2, 0.25) is 5.91 Å². The zero-order chi connectivity index (χ0) is 13.5. The lowest BCUT2D eigenvalue weighted by atomic mass is 10.1. The van der Waals surface area contributed by atoms with Gasteiger partial charge in [-0.25, -0.2) is 8.42 Å². The Morgan fingerprint density at radius 3 is 2.47 bits per heavy atom. The van der Waals surface area contributed by atoms with E-state index in [1.807, 2.05) is 0 Å². The number of hydrogen-bond donors (Lipinski definition) is 3. The molecule has 0 radical (unpaired) electrons. The molecule has 100 valence electrons. The van der Waals surface area contributed by atoms with Gasteiger partial charge in [-0.1, -0.05) is 6.92 Å². The predicted molar refractivity (Wildman–Crippen MR) is 62.2 cm³/mol. The smallest absolute Gasteiger partial charge is 0.303 e. The number of rotatable bonds is 8. The van der Waals surface area contributed by atoms with Crippen LogP contribution < -0.4 is 11.1 Å². The number of aliphatic carboxylic acids is 1. The minimum atomic E-state index is -3.12. The first-order valence-corrected chi connectivity index (χ1v) is 7.06. The second-order valence-corrected chi connectivity index (χ2v) is 6.04. The highest BCUT2D eigenvalue weighted by Crippen LogP contribution is 1.95. The molecule has 0 bridgehead atoms. The van der Waals surface area contributed by atoms with E-state index in [0.29, 0.717) is 0 Å². The Balaban J connectivity index is 3.90. The number of nitrogens with two attached hydrogens (primary N) is 1. The second-order valence-electron chi connectivity index (χ2n) is 3.57. The number of sulfone groups is 1. The average molecular weight is 266 g/mol. The van der Waals surface area contributed by atoms with Gasteiger partial charge in [0.15, 0.2) is 9.84 Å². The van der Waals surface area contributed by atoms with E-state index in [2.05, 4.69) is 5.32 Å². The third kappa shape index (κ3) is 7.70. The quantitative estimate of drug-likeness (QED) is 0.502. The Labute approximate surface area is 100 Å². The number of nitrogens with one attached hydrogen (secondary N) is 1. The van der Waals surface area contributed by atoms with Crippen LogP contribution in [0.2, 0.25) is 0 Å². The van der Waals surface area contributed by atoms with Crippen molar-refractivity contribution in [2.75, 3.05) is 18.1 Å². The molecule has 0 aliphatic carbocycles. The Kier molecular flexibility index (Phi) is 6.74. The summed E-state index contributed by atoms with van der Waals surface area (Å²) in [5.74, 6) is -1.67. The van der Waals surface area contributed by atoms with E-state index in [9.17, 15) is 18.0 Å². The van der Waals surface area contributed by atoms with Crippen molar-refractivity contribution in [2.24, 2.45) is 5.73 Å². The van der Waals surface area contributed by atoms with Crippen molar-refractivity contribution in [1.82, 2.24) is 5.32 Å². The molecule has 8 heteroatoms. The van der Waals surface area contributed by atoms with Gasteiger partial charge >= 0.3 is 5.97 Å². The predicted octanol–water partition coefficient (Wildman–Crippen LogP) is -1.27. The number of hydrogen-bond acceptors (Lipinski definition) is 5. The van der Waals surface area contributed by atoms with E-state index in [4.69, 9.17) is 10.8 Å². The number of carboxylic acids is 1. The molecule has 4 N–H and O–H groups in total. The van der Waals surface area contributed by atoms with Crippen LogP contribution in [0.1, 0.15) is 19.8 Å². The molecule has 1 amide bonds. The molecule has 0 saturated heterocycles. The van der Waals surface area contributed by atoms with Gasteiger partial charge in [0.05, 0.1) is 11.8 Å². The maximum Gasteiger partial charge on any atom is 0.303 e. The van der Waals surface area contributed by atoms with Crippen LogP contribution in [0, 0.1) is 0 Å². The third-order valence-electron chi connectivity index (χ3n) is 2.16. The molecule has 0 fully saturated rings. The molecule has 0 aliphatic heterocycles. The molecule has 7 nitrogen and oxygen atoms in total. The van der Waals surface area contributed by atoms with Crippen LogP contribution in [0.25, 0.3) is 0 Å². The largest absolute Gasteiger partial charge is 0.481 e. The Hall–Kier alpha value is -1.15. The van der Waals surface area contributed by atoms with Gasteiger partial charge in [0, 0.05) is 18.7 Å². The van der Waals surface area contributed by atoms with Crippen LogP contribution in [0.3, 0.4) is 0 Å². The monoisotopic (exact) mass is 266 g/mol. The van der Waals surface area contributed by atoms with Crippen molar-refractivity contribution in [3.8, 4) is 0 Å². The number of carboxylic acid groups (broad SMARTS) is 1. The number of carbonyl (C=O) groups is 2. The van der Waals surface area contributed by atoms with Gasteiger partial charge in [0.25, 0.3) is 0 Å². The summed E-state index contributed by atoms with van der Waals surface area (Å²) in [6, 6.07) is -0.921. The van der Waals surface area contributed by atoms with Crippen LogP contribution >= 0.6 is 0 Å². The highest BCUT2D eigenvalue weighted by Gasteiger charge is 2.15. The lowest BCUT2D eigenvalue weighted by Gasteiger charge is -2.10. The molecule has 0 aliphatic rings. The fourth-order valence-electron chi connectivity index (χ4n) is 1.02. The molecule has 0 heterocycles. The zero-order valence-corrected chi connectivity index (χ0v) is 10.5. The summed E-state index contributed by atoms with van der Waals surface area (Å²) in [6.07, 6.45) is -0.163. The fourth-order valence-corrected chi connectivity index (χ4v) is 1.72. The fraction of sp³-hybridized carbons (Fsp3) is 0.778. The average Bonchev–Trinajstić information content (AvgIpc) is 2.25. The first-order chi connectivity index (χ1) is 7.78. The molecule has 17 heavy (non-hydrogen) atoms. The lowest BCUT2D eigenvalue weighted by molar-refractivity contribution is -0.137. The molecule has 0 spiro atoms. The van der Waals surface area contributed by atoms with Crippen LogP contribution in [-0.4, -0.2) is 49.5 Å². The molecule has 0 aromatic heterocycles. The van der Waals surface area contributed by atoms with Crippen molar-refractivity contribution in [1.29, 1.82) is 0 Å². The van der Waals surface area contributed by atoms with E-state index in [1.165, 1.54) is 6.92 Å². The summed E-state index contributed by atoms with van der Waals surface area (Å²) in [5, 5.41) is 10.8. The second kappa shape index (κ2) is 7.23. The summed E-state index contributed by atoms with van der Waals surface area (Å²) in [7, 11) is -3.12. The first kappa shape index (κ1) is 15.9. The highest BCUT2D eigenvalue weighted by atomic mass is 32.2. The third-order valence-corrected chi connectivity index (χ3v) is 3.86. The highest BCUT2D eigenvalue weighted by molar-refractivity contribution is 7.91. The normalized spacial score (nSPS) is 13.1. The molecule has 0 aromatic carbocycles. The van der Waals surface area contributed by atoms with Gasteiger partial charge in [-0.05, 0) is 6.42 Å². The van der Waals surface area contributed by atoms with Crippen molar-refractivity contribution >= 4 is 21.7 Å². The maximum atomic E-state index is 11.3. The molecule has 0 aromatic rings. The Morgan fingerprint density at radius 2 is 2.00 bits per heavy atom. The molecule has 0 saturated carbocycles. The van der Waals surface area contributed by atoms with Crippen LogP contribution in [0.4, 0.5) is 0 Å². The minimum Gasteiger partial charge on any atom is -0.481 e. The molecule has 1 atom stereocenters. The summed E-state index contributed by atoms with van der Waals surface area (Å²) < 4.78 is 22.2. The van der Waals surface area contributed by atoms with Crippen molar-refractivity contribution in [2.45, 2.75) is 25.8 Å². The van der Waals surface area contributed by atoms with Crippen LogP contribution in [0.5, 0.6) is 0 Å². The Morgan fingerprint density at radius 1 is 1.41 bits per heavy atom. The lowest BCUT2D eigenvalue weighted by Crippen LogP contribution is -2.42. The van der Waals surface area contributed by atoms with Gasteiger partial charge in [-0.15, -0.1) is 0 Å². The van der Waals surface area contributed by atoms with Crippen molar-refractivity contribution in [3.05, 3.63) is 0 Å². The summed E-state index contributed by atoms with van der Waals surface area (Å²) >= 11 is 0. The van der Waals surface area contributed by atoms with Crippen molar-refractivity contribution in [3.63, 3.8) is 0 Å². The number of carbonyl (C=O) groups excluding carboxylic acids is 1. The molecular weight excluding hydrogens is 248 g/mol. The van der Waals surface area contributed by atoms with Crippen molar-refractivity contribution < 1.29 is 23.1 Å². The van der Waals surface area contributed by atoms with E-state index in [1.54, 1.807) is 0 Å². The van der Waals surface area contributed by atoms with E-state index in [-0.39, 0.29) is 30.9 Å². The maximum absolute atomic E-state index is 11.3. The standard InChI is InChI=1S/C9H18N2O5S/c1-2-17(15,16)6-5-11-9(14)7(10)3-4-8(12)13/h7H,2-6,10H2,1H3,(H,11,14)(H,12,13). The summed E-state index contributed by atoms with van der Waals surface area (Å²) in [6.45, 7) is 1.52. The summed E-state index contributed by atoms with van der Waals surface area (Å²) in [5.41, 5.74) is 5.42. The number of amides is 1. The molecular formula is C9H18N2O5S. The topological polar surface area (TPSA) is 127 Å². The Bertz CT molecular complexity index is 366. The van der Waals surface area contributed by atoms with Crippen LogP contribution in [0.15, 0.2) is 0 Å².